The zero-order valence-corrected chi connectivity index (χ0v) is 15.5. The Bertz CT molecular complexity index is 958. The van der Waals surface area contributed by atoms with Crippen LogP contribution in [0.4, 0.5) is 8.78 Å². The van der Waals surface area contributed by atoms with Gasteiger partial charge in [0.2, 0.25) is 0 Å². The lowest BCUT2D eigenvalue weighted by Gasteiger charge is -2.00. The topological polar surface area (TPSA) is 39.4 Å². The molecule has 28 heavy (non-hydrogen) atoms. The van der Waals surface area contributed by atoms with Crippen molar-refractivity contribution in [1.29, 1.82) is 0 Å². The van der Waals surface area contributed by atoms with Crippen LogP contribution in [0.2, 0.25) is 0 Å². The molecule has 0 saturated carbocycles. The molecule has 0 spiro atoms. The van der Waals surface area contributed by atoms with Crippen molar-refractivity contribution in [3.63, 3.8) is 0 Å². The molecule has 3 nitrogen and oxygen atoms in total. The summed E-state index contributed by atoms with van der Waals surface area (Å²) in [5, 5.41) is 0. The predicted molar refractivity (Wildman–Crippen MR) is 104 cm³/mol. The lowest BCUT2D eigenvalue weighted by atomic mass is 10.1. The highest BCUT2D eigenvalue weighted by Gasteiger charge is 2.21. The molecule has 0 radical (unpaired) electrons. The molecule has 0 saturated heterocycles. The van der Waals surface area contributed by atoms with Gasteiger partial charge in [0.1, 0.15) is 11.6 Å². The normalized spacial score (nSPS) is 11.1. The zero-order valence-electron chi connectivity index (χ0n) is 15.5. The number of carbonyl (C=O) groups is 1. The molecule has 0 fully saturated rings. The molecular formula is C23H20F2O3. The molecule has 0 N–H and O–H groups in total. The lowest BCUT2D eigenvalue weighted by Crippen LogP contribution is -2.01. The second-order valence-corrected chi connectivity index (χ2v) is 6.22. The molecular weight excluding hydrogens is 362 g/mol. The maximum Gasteiger partial charge on any atom is 0.330 e. The van der Waals surface area contributed by atoms with Crippen molar-refractivity contribution in [2.24, 2.45) is 0 Å². The largest absolute Gasteiger partial charge is 0.463 e. The Morgan fingerprint density at radius 1 is 1.00 bits per heavy atom. The first kappa shape index (κ1) is 19.5. The summed E-state index contributed by atoms with van der Waals surface area (Å²) in [6, 6.07) is 14.4. The Morgan fingerprint density at radius 2 is 1.68 bits per heavy atom. The first-order valence-electron chi connectivity index (χ1n) is 9.08. The Hall–Kier alpha value is -3.21. The van der Waals surface area contributed by atoms with Gasteiger partial charge in [0.25, 0.3) is 0 Å². The smallest absolute Gasteiger partial charge is 0.330 e. The molecule has 3 aromatic rings. The van der Waals surface area contributed by atoms with Crippen molar-refractivity contribution < 1.29 is 22.7 Å². The van der Waals surface area contributed by atoms with Gasteiger partial charge < -0.3 is 9.15 Å². The molecule has 0 amide bonds. The number of esters is 1. The molecule has 1 aromatic heterocycles. The molecule has 0 aliphatic heterocycles. The fourth-order valence-electron chi connectivity index (χ4n) is 2.68. The minimum absolute atomic E-state index is 0.0159. The van der Waals surface area contributed by atoms with Gasteiger partial charge in [-0.3, -0.25) is 0 Å². The summed E-state index contributed by atoms with van der Waals surface area (Å²) in [7, 11) is 0. The van der Waals surface area contributed by atoms with E-state index < -0.39 is 17.6 Å². The molecule has 2 aromatic carbocycles. The van der Waals surface area contributed by atoms with E-state index in [1.54, 1.807) is 24.3 Å². The van der Waals surface area contributed by atoms with E-state index in [-0.39, 0.29) is 17.1 Å². The molecule has 0 unspecified atom stereocenters. The molecule has 144 valence electrons. The minimum atomic E-state index is -0.622. The SMILES string of the molecule is CCCCOC(=O)/C=C/c1c(-c2ccccc2)oc(-c2ccc(F)cc2)c1F. The van der Waals surface area contributed by atoms with Crippen molar-refractivity contribution >= 4 is 12.0 Å². The van der Waals surface area contributed by atoms with Gasteiger partial charge in [-0.25, -0.2) is 13.6 Å². The van der Waals surface area contributed by atoms with Crippen LogP contribution < -0.4 is 0 Å². The van der Waals surface area contributed by atoms with Crippen LogP contribution in [-0.2, 0) is 9.53 Å². The Kier molecular flexibility index (Phi) is 6.37. The van der Waals surface area contributed by atoms with E-state index in [9.17, 15) is 9.18 Å². The molecule has 3 rings (SSSR count). The zero-order chi connectivity index (χ0) is 19.9. The van der Waals surface area contributed by atoms with Crippen LogP contribution in [0.1, 0.15) is 25.3 Å². The van der Waals surface area contributed by atoms with Gasteiger partial charge in [0, 0.05) is 17.2 Å². The molecule has 0 bridgehead atoms. The summed E-state index contributed by atoms with van der Waals surface area (Å²) in [6.45, 7) is 2.31. The maximum absolute atomic E-state index is 15.1. The summed E-state index contributed by atoms with van der Waals surface area (Å²) >= 11 is 0. The van der Waals surface area contributed by atoms with E-state index in [1.807, 2.05) is 13.0 Å². The lowest BCUT2D eigenvalue weighted by molar-refractivity contribution is -0.137. The Morgan fingerprint density at radius 3 is 2.36 bits per heavy atom. The van der Waals surface area contributed by atoms with Gasteiger partial charge in [-0.15, -0.1) is 0 Å². The van der Waals surface area contributed by atoms with Gasteiger partial charge in [-0.05, 0) is 36.8 Å². The van der Waals surface area contributed by atoms with Crippen molar-refractivity contribution in [1.82, 2.24) is 0 Å². The van der Waals surface area contributed by atoms with Crippen LogP contribution in [0.25, 0.3) is 28.7 Å². The second-order valence-electron chi connectivity index (χ2n) is 6.22. The average molecular weight is 382 g/mol. The molecule has 1 heterocycles. The highest BCUT2D eigenvalue weighted by Crippen LogP contribution is 2.37. The monoisotopic (exact) mass is 382 g/mol. The van der Waals surface area contributed by atoms with Crippen LogP contribution in [-0.4, -0.2) is 12.6 Å². The van der Waals surface area contributed by atoms with Crippen LogP contribution in [0.5, 0.6) is 0 Å². The Balaban J connectivity index is 1.99. The van der Waals surface area contributed by atoms with Gasteiger partial charge >= 0.3 is 5.97 Å². The number of carbonyl (C=O) groups excluding carboxylic acids is 1. The number of ether oxygens (including phenoxy) is 1. The summed E-state index contributed by atoms with van der Waals surface area (Å²) < 4.78 is 39.2. The van der Waals surface area contributed by atoms with E-state index in [1.165, 1.54) is 36.4 Å². The summed E-state index contributed by atoms with van der Waals surface area (Å²) in [4.78, 5) is 11.9. The average Bonchev–Trinajstić information content (AvgIpc) is 3.04. The van der Waals surface area contributed by atoms with Crippen molar-refractivity contribution in [2.75, 3.05) is 6.61 Å². The summed E-state index contributed by atoms with van der Waals surface area (Å²) in [5.41, 5.74) is 1.20. The van der Waals surface area contributed by atoms with Gasteiger partial charge in [-0.2, -0.15) is 0 Å². The first-order valence-corrected chi connectivity index (χ1v) is 9.08. The van der Waals surface area contributed by atoms with Crippen LogP contribution in [0.3, 0.4) is 0 Å². The quantitative estimate of drug-likeness (QED) is 0.275. The predicted octanol–water partition coefficient (Wildman–Crippen LogP) is 6.25. The fourth-order valence-corrected chi connectivity index (χ4v) is 2.68. The third-order valence-electron chi connectivity index (χ3n) is 4.16. The molecule has 0 aliphatic rings. The summed E-state index contributed by atoms with van der Waals surface area (Å²) in [6.07, 6.45) is 4.21. The number of halogens is 2. The standard InChI is InChI=1S/C23H20F2O3/c1-2-3-15-27-20(26)14-13-19-21(25)23(17-9-11-18(24)12-10-17)28-22(19)16-7-5-4-6-8-16/h4-14H,2-3,15H2,1H3/b14-13+. The summed E-state index contributed by atoms with van der Waals surface area (Å²) in [5.74, 6) is -1.32. The van der Waals surface area contributed by atoms with Crippen LogP contribution >= 0.6 is 0 Å². The first-order chi connectivity index (χ1) is 13.6. The highest BCUT2D eigenvalue weighted by atomic mass is 19.1. The number of furan rings is 1. The van der Waals surface area contributed by atoms with E-state index in [0.29, 0.717) is 17.7 Å². The Labute approximate surface area is 162 Å². The fraction of sp³-hybridized carbons (Fsp3) is 0.174. The number of hydrogen-bond donors (Lipinski definition) is 0. The number of hydrogen-bond acceptors (Lipinski definition) is 3. The van der Waals surface area contributed by atoms with Gasteiger partial charge in [0.15, 0.2) is 11.6 Å². The van der Waals surface area contributed by atoms with Crippen molar-refractivity contribution in [3.05, 3.63) is 77.9 Å². The van der Waals surface area contributed by atoms with E-state index in [2.05, 4.69) is 0 Å². The third-order valence-corrected chi connectivity index (χ3v) is 4.16. The number of rotatable bonds is 7. The maximum atomic E-state index is 15.1. The van der Waals surface area contributed by atoms with Crippen LogP contribution in [0.15, 0.2) is 65.1 Å². The highest BCUT2D eigenvalue weighted by molar-refractivity contribution is 5.89. The molecule has 0 atom stereocenters. The minimum Gasteiger partial charge on any atom is -0.463 e. The van der Waals surface area contributed by atoms with Gasteiger partial charge in [0.05, 0.1) is 12.2 Å². The van der Waals surface area contributed by atoms with E-state index in [4.69, 9.17) is 9.15 Å². The van der Waals surface area contributed by atoms with Gasteiger partial charge in [-0.1, -0.05) is 43.7 Å². The second kappa shape index (κ2) is 9.13. The van der Waals surface area contributed by atoms with Crippen molar-refractivity contribution in [3.8, 4) is 22.6 Å². The van der Waals surface area contributed by atoms with Crippen LogP contribution in [0, 0.1) is 11.6 Å². The molecule has 5 heteroatoms. The third kappa shape index (κ3) is 4.55. The molecule has 0 aliphatic carbocycles. The number of unbranched alkanes of at least 4 members (excludes halogenated alkanes) is 1. The van der Waals surface area contributed by atoms with E-state index in [0.717, 1.165) is 12.8 Å². The number of benzene rings is 2. The van der Waals surface area contributed by atoms with Crippen molar-refractivity contribution in [2.45, 2.75) is 19.8 Å². The van der Waals surface area contributed by atoms with E-state index >= 15 is 4.39 Å².